The molecule has 0 amide bonds. The lowest BCUT2D eigenvalue weighted by Gasteiger charge is -2.31. The molecule has 0 unspecified atom stereocenters. The van der Waals surface area contributed by atoms with E-state index in [2.05, 4.69) is 53.4 Å². The lowest BCUT2D eigenvalue weighted by atomic mass is 10.0. The second-order valence-electron chi connectivity index (χ2n) is 5.56. The van der Waals surface area contributed by atoms with Crippen LogP contribution in [-0.2, 0) is 4.74 Å². The van der Waals surface area contributed by atoms with Crippen LogP contribution < -0.4 is 0 Å². The third-order valence-electron chi connectivity index (χ3n) is 4.28. The minimum Gasteiger partial charge on any atom is -0.378 e. The number of nitrogens with zero attached hydrogens (tertiary/aromatic N) is 1. The molecule has 2 aliphatic rings. The first-order chi connectivity index (χ1) is 10.9. The Balaban J connectivity index is 1.91. The van der Waals surface area contributed by atoms with Crippen LogP contribution in [0.5, 0.6) is 0 Å². The zero-order valence-corrected chi connectivity index (χ0v) is 13.1. The number of allylic oxidation sites excluding steroid dienone is 1. The summed E-state index contributed by atoms with van der Waals surface area (Å²) in [5.74, 6) is 0. The van der Waals surface area contributed by atoms with Gasteiger partial charge in [-0.05, 0) is 5.56 Å². The van der Waals surface area contributed by atoms with Gasteiger partial charge in [-0.25, -0.2) is 0 Å². The quantitative estimate of drug-likeness (QED) is 0.786. The predicted molar refractivity (Wildman–Crippen MR) is 93.8 cm³/mol. The molecule has 3 heteroatoms. The summed E-state index contributed by atoms with van der Waals surface area (Å²) < 4.78 is 5.52. The van der Waals surface area contributed by atoms with Gasteiger partial charge in [0.05, 0.1) is 23.8 Å². The van der Waals surface area contributed by atoms with Gasteiger partial charge in [0.2, 0.25) is 0 Å². The first kappa shape index (κ1) is 13.7. The van der Waals surface area contributed by atoms with Gasteiger partial charge >= 0.3 is 0 Å². The second kappa shape index (κ2) is 5.67. The molecule has 0 N–H and O–H groups in total. The van der Waals surface area contributed by atoms with E-state index < -0.39 is 0 Å². The van der Waals surface area contributed by atoms with E-state index in [0.717, 1.165) is 31.2 Å². The van der Waals surface area contributed by atoms with Gasteiger partial charge in [-0.1, -0.05) is 66.8 Å². The minimum atomic E-state index is 0.778. The number of ether oxygens (including phenoxy) is 1. The Bertz CT molecular complexity index is 745. The van der Waals surface area contributed by atoms with Crippen LogP contribution in [0.3, 0.4) is 0 Å². The first-order valence-corrected chi connectivity index (χ1v) is 8.03. The summed E-state index contributed by atoms with van der Waals surface area (Å²) in [6, 6.07) is 19.0. The summed E-state index contributed by atoms with van der Waals surface area (Å²) in [5, 5.41) is 0. The standard InChI is InChI=1S/C19H17NOS/c22-19-16-9-5-4-8-15(16)18(20-10-12-21-13-11-20)17(19)14-6-2-1-3-7-14/h1-9H,10-13H2. The molecule has 2 nitrogen and oxygen atoms in total. The van der Waals surface area contributed by atoms with Crippen molar-refractivity contribution >= 4 is 28.4 Å². The molecule has 110 valence electrons. The Morgan fingerprint density at radius 2 is 1.45 bits per heavy atom. The number of morpholine rings is 1. The summed E-state index contributed by atoms with van der Waals surface area (Å²) >= 11 is 5.81. The number of hydrogen-bond donors (Lipinski definition) is 0. The van der Waals surface area contributed by atoms with Crippen LogP contribution in [0.2, 0.25) is 0 Å². The molecule has 0 spiro atoms. The van der Waals surface area contributed by atoms with Gasteiger partial charge in [0, 0.05) is 29.8 Å². The second-order valence-corrected chi connectivity index (χ2v) is 5.97. The zero-order chi connectivity index (χ0) is 14.9. The van der Waals surface area contributed by atoms with E-state index in [0.29, 0.717) is 0 Å². The molecule has 22 heavy (non-hydrogen) atoms. The van der Waals surface area contributed by atoms with E-state index in [4.69, 9.17) is 17.0 Å². The van der Waals surface area contributed by atoms with E-state index in [1.165, 1.54) is 28.0 Å². The predicted octanol–water partition coefficient (Wildman–Crippen LogP) is 3.62. The largest absolute Gasteiger partial charge is 0.378 e. The zero-order valence-electron chi connectivity index (χ0n) is 12.3. The van der Waals surface area contributed by atoms with Crippen molar-refractivity contribution in [3.8, 4) is 0 Å². The summed E-state index contributed by atoms with van der Waals surface area (Å²) in [7, 11) is 0. The monoisotopic (exact) mass is 307 g/mol. The summed E-state index contributed by atoms with van der Waals surface area (Å²) in [4.78, 5) is 3.38. The topological polar surface area (TPSA) is 12.5 Å². The van der Waals surface area contributed by atoms with Crippen molar-refractivity contribution in [3.05, 3.63) is 71.3 Å². The van der Waals surface area contributed by atoms with E-state index in [1.807, 2.05) is 6.07 Å². The molecule has 1 fully saturated rings. The fourth-order valence-corrected chi connectivity index (χ4v) is 3.65. The van der Waals surface area contributed by atoms with E-state index in [-0.39, 0.29) is 0 Å². The molecule has 1 aliphatic carbocycles. The first-order valence-electron chi connectivity index (χ1n) is 7.63. The molecule has 2 aromatic carbocycles. The van der Waals surface area contributed by atoms with Gasteiger partial charge in [0.15, 0.2) is 0 Å². The average Bonchev–Trinajstić information content (AvgIpc) is 2.90. The van der Waals surface area contributed by atoms with Crippen molar-refractivity contribution in [1.82, 2.24) is 4.90 Å². The maximum absolute atomic E-state index is 5.81. The number of benzene rings is 2. The molecule has 0 saturated carbocycles. The third kappa shape index (κ3) is 2.18. The summed E-state index contributed by atoms with van der Waals surface area (Å²) in [6.07, 6.45) is 0. The fraction of sp³-hybridized carbons (Fsp3) is 0.211. The highest BCUT2D eigenvalue weighted by molar-refractivity contribution is 7.82. The van der Waals surface area contributed by atoms with Gasteiger partial charge in [0.25, 0.3) is 0 Å². The Labute approximate surface area is 136 Å². The van der Waals surface area contributed by atoms with E-state index >= 15 is 0 Å². The number of hydrogen-bond acceptors (Lipinski definition) is 3. The van der Waals surface area contributed by atoms with Crippen molar-refractivity contribution in [2.24, 2.45) is 0 Å². The molecule has 0 atom stereocenters. The number of rotatable bonds is 2. The van der Waals surface area contributed by atoms with Gasteiger partial charge < -0.3 is 9.64 Å². The Hall–Kier alpha value is -1.97. The van der Waals surface area contributed by atoms with Crippen molar-refractivity contribution in [3.63, 3.8) is 0 Å². The van der Waals surface area contributed by atoms with Crippen molar-refractivity contribution in [1.29, 1.82) is 0 Å². The highest BCUT2D eigenvalue weighted by Crippen LogP contribution is 2.40. The number of fused-ring (bicyclic) bond motifs is 1. The molecule has 1 heterocycles. The van der Waals surface area contributed by atoms with Crippen LogP contribution in [0, 0.1) is 0 Å². The highest BCUT2D eigenvalue weighted by Gasteiger charge is 2.31. The molecule has 0 radical (unpaired) electrons. The van der Waals surface area contributed by atoms with Crippen molar-refractivity contribution < 1.29 is 4.74 Å². The molecule has 1 aliphatic heterocycles. The van der Waals surface area contributed by atoms with Crippen molar-refractivity contribution in [2.45, 2.75) is 0 Å². The lowest BCUT2D eigenvalue weighted by Crippen LogP contribution is -2.35. The van der Waals surface area contributed by atoms with Crippen LogP contribution >= 0.6 is 12.2 Å². The smallest absolute Gasteiger partial charge is 0.0642 e. The summed E-state index contributed by atoms with van der Waals surface area (Å²) in [6.45, 7) is 3.40. The molecular formula is C19H17NOS. The van der Waals surface area contributed by atoms with Gasteiger partial charge in [0.1, 0.15) is 0 Å². The van der Waals surface area contributed by atoms with Gasteiger partial charge in [-0.15, -0.1) is 0 Å². The molecule has 4 rings (SSSR count). The molecule has 2 aromatic rings. The van der Waals surface area contributed by atoms with E-state index in [1.54, 1.807) is 0 Å². The van der Waals surface area contributed by atoms with Crippen LogP contribution in [0.4, 0.5) is 0 Å². The molecule has 0 bridgehead atoms. The highest BCUT2D eigenvalue weighted by atomic mass is 32.1. The molecule has 0 aromatic heterocycles. The van der Waals surface area contributed by atoms with E-state index in [9.17, 15) is 0 Å². The molecule has 1 saturated heterocycles. The Morgan fingerprint density at radius 1 is 0.818 bits per heavy atom. The van der Waals surface area contributed by atoms with Crippen LogP contribution in [0.25, 0.3) is 11.3 Å². The maximum Gasteiger partial charge on any atom is 0.0642 e. The Kier molecular flexibility index (Phi) is 3.53. The van der Waals surface area contributed by atoms with Gasteiger partial charge in [-0.2, -0.15) is 0 Å². The SMILES string of the molecule is S=C1C(c2ccccc2)=C(N2CCOCC2)c2ccccc21. The van der Waals surface area contributed by atoms with Gasteiger partial charge in [-0.3, -0.25) is 0 Å². The Morgan fingerprint density at radius 3 is 2.18 bits per heavy atom. The average molecular weight is 307 g/mol. The normalized spacial score (nSPS) is 17.8. The minimum absolute atomic E-state index is 0.778. The van der Waals surface area contributed by atoms with Crippen LogP contribution in [0.1, 0.15) is 16.7 Å². The fourth-order valence-electron chi connectivity index (χ4n) is 3.25. The lowest BCUT2D eigenvalue weighted by molar-refractivity contribution is 0.0642. The van der Waals surface area contributed by atoms with Crippen molar-refractivity contribution in [2.75, 3.05) is 26.3 Å². The number of thiocarbonyl (C=S) groups is 1. The molecular weight excluding hydrogens is 290 g/mol. The summed E-state index contributed by atoms with van der Waals surface area (Å²) in [5.41, 5.74) is 6.10. The van der Waals surface area contributed by atoms with Crippen LogP contribution in [-0.4, -0.2) is 36.1 Å². The van der Waals surface area contributed by atoms with Crippen LogP contribution in [0.15, 0.2) is 54.6 Å². The maximum atomic E-state index is 5.81. The third-order valence-corrected chi connectivity index (χ3v) is 4.70.